The average molecular weight is 208 g/mol. The quantitative estimate of drug-likeness (QED) is 0.758. The molecule has 0 aliphatic heterocycles. The monoisotopic (exact) mass is 207 g/mol. The number of nitrogens with two attached hydrogens (primary N) is 1. The van der Waals surface area contributed by atoms with Gasteiger partial charge in [-0.1, -0.05) is 11.6 Å². The minimum absolute atomic E-state index is 0. The third kappa shape index (κ3) is 2.80. The molecule has 1 aromatic carbocycles. The molecule has 0 amide bonds. The van der Waals surface area contributed by atoms with Crippen molar-refractivity contribution in [3.8, 4) is 5.75 Å². The molecule has 0 fully saturated rings. The smallest absolute Gasteiger partial charge is 0.142 e. The average Bonchev–Trinajstić information content (AvgIpc) is 1.95. The van der Waals surface area contributed by atoms with Gasteiger partial charge >= 0.3 is 0 Å². The lowest BCUT2D eigenvalue weighted by molar-refractivity contribution is 0.342. The van der Waals surface area contributed by atoms with E-state index >= 15 is 0 Å². The number of rotatable bonds is 2. The minimum atomic E-state index is 0. The molecule has 0 atom stereocenters. The summed E-state index contributed by atoms with van der Waals surface area (Å²) in [6.07, 6.45) is 0. The number of hydrogen-bond acceptors (Lipinski definition) is 2. The highest BCUT2D eigenvalue weighted by Crippen LogP contribution is 2.24. The largest absolute Gasteiger partial charge is 0.492 e. The molecular weight excluding hydrogens is 197 g/mol. The van der Waals surface area contributed by atoms with Gasteiger partial charge in [0.2, 0.25) is 0 Å². The van der Waals surface area contributed by atoms with Gasteiger partial charge in [0, 0.05) is 5.02 Å². The van der Waals surface area contributed by atoms with Gasteiger partial charge in [0.25, 0.3) is 0 Å². The van der Waals surface area contributed by atoms with Crippen molar-refractivity contribution in [2.75, 3.05) is 12.3 Å². The number of anilines is 1. The Morgan fingerprint density at radius 2 is 2.17 bits per heavy atom. The topological polar surface area (TPSA) is 35.2 Å². The van der Waals surface area contributed by atoms with Gasteiger partial charge in [-0.3, -0.25) is 0 Å². The fourth-order valence-corrected chi connectivity index (χ4v) is 0.987. The molecule has 68 valence electrons. The fourth-order valence-electron chi connectivity index (χ4n) is 0.806. The molecule has 0 aliphatic rings. The third-order valence-corrected chi connectivity index (χ3v) is 1.51. The van der Waals surface area contributed by atoms with Crippen LogP contribution >= 0.6 is 24.0 Å². The highest BCUT2D eigenvalue weighted by molar-refractivity contribution is 6.30. The predicted octanol–water partition coefficient (Wildman–Crippen LogP) is 2.74. The first-order valence-electron chi connectivity index (χ1n) is 3.42. The maximum atomic E-state index is 5.68. The molecule has 0 saturated carbocycles. The standard InChI is InChI=1S/C8H10ClNO.ClH/c1-2-11-8-4-3-6(9)5-7(8)10;/h3-5H,2,10H2,1H3;1H. The van der Waals surface area contributed by atoms with Crippen LogP contribution in [0.15, 0.2) is 18.2 Å². The van der Waals surface area contributed by atoms with Crippen molar-refractivity contribution >= 4 is 29.7 Å². The zero-order chi connectivity index (χ0) is 8.27. The van der Waals surface area contributed by atoms with Crippen molar-refractivity contribution < 1.29 is 4.74 Å². The molecule has 12 heavy (non-hydrogen) atoms. The van der Waals surface area contributed by atoms with Gasteiger partial charge in [-0.05, 0) is 25.1 Å². The first-order valence-corrected chi connectivity index (χ1v) is 3.79. The SMILES string of the molecule is CCOc1ccc(Cl)cc1N.Cl. The number of ether oxygens (including phenoxy) is 1. The summed E-state index contributed by atoms with van der Waals surface area (Å²) in [6, 6.07) is 5.19. The van der Waals surface area contributed by atoms with Crippen LogP contribution in [-0.2, 0) is 0 Å². The zero-order valence-corrected chi connectivity index (χ0v) is 8.28. The van der Waals surface area contributed by atoms with Crippen molar-refractivity contribution in [2.24, 2.45) is 0 Å². The fraction of sp³-hybridized carbons (Fsp3) is 0.250. The van der Waals surface area contributed by atoms with Crippen LogP contribution in [0.25, 0.3) is 0 Å². The van der Waals surface area contributed by atoms with Crippen LogP contribution in [0.3, 0.4) is 0 Å². The van der Waals surface area contributed by atoms with Crippen molar-refractivity contribution in [3.05, 3.63) is 23.2 Å². The Kier molecular flexibility index (Phi) is 4.86. The van der Waals surface area contributed by atoms with Crippen LogP contribution in [0.1, 0.15) is 6.92 Å². The number of hydrogen-bond donors (Lipinski definition) is 1. The lowest BCUT2D eigenvalue weighted by Crippen LogP contribution is -1.95. The van der Waals surface area contributed by atoms with Gasteiger partial charge in [-0.15, -0.1) is 12.4 Å². The zero-order valence-electron chi connectivity index (χ0n) is 6.71. The van der Waals surface area contributed by atoms with Crippen LogP contribution < -0.4 is 10.5 Å². The van der Waals surface area contributed by atoms with Crippen LogP contribution in [-0.4, -0.2) is 6.61 Å². The van der Waals surface area contributed by atoms with E-state index in [9.17, 15) is 0 Å². The van der Waals surface area contributed by atoms with E-state index in [1.807, 2.05) is 6.92 Å². The second kappa shape index (κ2) is 5.12. The maximum Gasteiger partial charge on any atom is 0.142 e. The Hall–Kier alpha value is -0.600. The lowest BCUT2D eigenvalue weighted by Gasteiger charge is -2.05. The van der Waals surface area contributed by atoms with E-state index < -0.39 is 0 Å². The number of benzene rings is 1. The summed E-state index contributed by atoms with van der Waals surface area (Å²) in [5.41, 5.74) is 6.18. The van der Waals surface area contributed by atoms with Crippen LogP contribution in [0.5, 0.6) is 5.75 Å². The van der Waals surface area contributed by atoms with Gasteiger partial charge in [0.15, 0.2) is 0 Å². The van der Waals surface area contributed by atoms with E-state index in [4.69, 9.17) is 22.1 Å². The molecule has 0 aliphatic carbocycles. The summed E-state index contributed by atoms with van der Waals surface area (Å²) in [4.78, 5) is 0. The molecule has 0 unspecified atom stereocenters. The maximum absolute atomic E-state index is 5.68. The van der Waals surface area contributed by atoms with Gasteiger partial charge in [-0.2, -0.15) is 0 Å². The Labute approximate surface area is 83.1 Å². The molecular formula is C8H11Cl2NO. The van der Waals surface area contributed by atoms with E-state index in [1.165, 1.54) is 0 Å². The van der Waals surface area contributed by atoms with Crippen molar-refractivity contribution in [1.82, 2.24) is 0 Å². The summed E-state index contributed by atoms with van der Waals surface area (Å²) in [5, 5.41) is 0.631. The number of nitrogen functional groups attached to an aromatic ring is 1. The van der Waals surface area contributed by atoms with Crippen molar-refractivity contribution in [1.29, 1.82) is 0 Å². The van der Waals surface area contributed by atoms with Crippen molar-refractivity contribution in [2.45, 2.75) is 6.92 Å². The molecule has 0 aromatic heterocycles. The molecule has 4 heteroatoms. The molecule has 2 nitrogen and oxygen atoms in total. The van der Waals surface area contributed by atoms with Gasteiger partial charge < -0.3 is 10.5 Å². The highest BCUT2D eigenvalue weighted by Gasteiger charge is 1.98. The van der Waals surface area contributed by atoms with Crippen LogP contribution in [0.4, 0.5) is 5.69 Å². The van der Waals surface area contributed by atoms with Crippen LogP contribution in [0, 0.1) is 0 Å². The lowest BCUT2D eigenvalue weighted by atomic mass is 10.3. The first-order chi connectivity index (χ1) is 5.24. The van der Waals surface area contributed by atoms with Crippen molar-refractivity contribution in [3.63, 3.8) is 0 Å². The highest BCUT2D eigenvalue weighted by atomic mass is 35.5. The second-order valence-electron chi connectivity index (χ2n) is 2.12. The minimum Gasteiger partial charge on any atom is -0.492 e. The molecule has 0 saturated heterocycles. The first kappa shape index (κ1) is 11.4. The Bertz CT molecular complexity index is 253. The van der Waals surface area contributed by atoms with Gasteiger partial charge in [0.1, 0.15) is 5.75 Å². The Morgan fingerprint density at radius 3 is 2.67 bits per heavy atom. The normalized spacial score (nSPS) is 8.83. The van der Waals surface area contributed by atoms with E-state index in [-0.39, 0.29) is 12.4 Å². The molecule has 0 spiro atoms. The summed E-state index contributed by atoms with van der Waals surface area (Å²) in [7, 11) is 0. The molecule has 0 radical (unpaired) electrons. The summed E-state index contributed by atoms with van der Waals surface area (Å²) in [5.74, 6) is 0.692. The van der Waals surface area contributed by atoms with E-state index in [0.29, 0.717) is 23.1 Å². The Morgan fingerprint density at radius 1 is 1.50 bits per heavy atom. The van der Waals surface area contributed by atoms with E-state index in [2.05, 4.69) is 0 Å². The molecule has 1 rings (SSSR count). The summed E-state index contributed by atoms with van der Waals surface area (Å²) in [6.45, 7) is 2.53. The van der Waals surface area contributed by atoms with E-state index in [0.717, 1.165) is 0 Å². The third-order valence-electron chi connectivity index (χ3n) is 1.27. The molecule has 0 heterocycles. The van der Waals surface area contributed by atoms with Gasteiger partial charge in [0.05, 0.1) is 12.3 Å². The Balaban J connectivity index is 0.00000121. The summed E-state index contributed by atoms with van der Waals surface area (Å²) < 4.78 is 5.21. The second-order valence-corrected chi connectivity index (χ2v) is 2.55. The number of halogens is 2. The van der Waals surface area contributed by atoms with E-state index in [1.54, 1.807) is 18.2 Å². The molecule has 1 aromatic rings. The van der Waals surface area contributed by atoms with Crippen LogP contribution in [0.2, 0.25) is 5.02 Å². The predicted molar refractivity (Wildman–Crippen MR) is 54.3 cm³/mol. The summed E-state index contributed by atoms with van der Waals surface area (Å²) >= 11 is 5.68. The molecule has 2 N–H and O–H groups in total. The molecule has 0 bridgehead atoms. The van der Waals surface area contributed by atoms with Gasteiger partial charge in [-0.25, -0.2) is 0 Å².